The van der Waals surface area contributed by atoms with Gasteiger partial charge in [-0.05, 0) is 58.2 Å². The summed E-state index contributed by atoms with van der Waals surface area (Å²) in [5, 5.41) is -3.88. The Morgan fingerprint density at radius 1 is 0.701 bits per heavy atom. The van der Waals surface area contributed by atoms with Gasteiger partial charge in [0.1, 0.15) is 147 Å². The van der Waals surface area contributed by atoms with Gasteiger partial charge in [-0.3, -0.25) is 9.59 Å². The maximum atomic E-state index is 16.5. The number of nitrogens with zero attached hydrogens (tertiary/aromatic N) is 4. The number of carbonyl (C=O) groups is 1. The smallest absolute Gasteiger partial charge is 0.348 e. The molecule has 0 N–H and O–H groups in total. The maximum absolute atomic E-state index is 16.5. The van der Waals surface area contributed by atoms with Crippen LogP contribution in [0.3, 0.4) is 0 Å². The molecular formula is C36H58B20F4N4O2S. The quantitative estimate of drug-likeness (QED) is 0.0579. The first-order valence-electron chi connectivity index (χ1n) is 23.8. The van der Waals surface area contributed by atoms with Crippen molar-refractivity contribution in [2.75, 3.05) is 13.1 Å². The van der Waals surface area contributed by atoms with Gasteiger partial charge < -0.3 is 14.4 Å². The van der Waals surface area contributed by atoms with Crippen molar-refractivity contribution in [3.63, 3.8) is 0 Å². The van der Waals surface area contributed by atoms with Crippen LogP contribution in [0.15, 0.2) is 34.2 Å². The summed E-state index contributed by atoms with van der Waals surface area (Å²) in [7, 11) is 40.5. The number of likely N-dealkylation sites (N-methyl/N-ethyl adjacent to an activating group) is 1. The lowest BCUT2D eigenvalue weighted by Gasteiger charge is -2.57. The summed E-state index contributed by atoms with van der Waals surface area (Å²) in [6, 6.07) is 6.30. The molecule has 1 aromatic heterocycles. The minimum absolute atomic E-state index is 0.147. The van der Waals surface area contributed by atoms with Crippen molar-refractivity contribution >= 4 is 218 Å². The molecule has 0 aliphatic heterocycles. The van der Waals surface area contributed by atoms with Crippen LogP contribution in [0.25, 0.3) is 11.1 Å². The lowest BCUT2D eigenvalue weighted by atomic mass is 9.20. The van der Waals surface area contributed by atoms with E-state index in [-0.39, 0.29) is 34.8 Å². The van der Waals surface area contributed by atoms with Gasteiger partial charge in [0.15, 0.2) is 5.16 Å². The second-order valence-corrected chi connectivity index (χ2v) is 23.3. The Kier molecular flexibility index (Phi) is 15.3. The van der Waals surface area contributed by atoms with E-state index in [0.29, 0.717) is 27.4 Å². The molecule has 1 aliphatic carbocycles. The average molecular weight is 903 g/mol. The van der Waals surface area contributed by atoms with Crippen molar-refractivity contribution in [2.45, 2.75) is 69.1 Å². The van der Waals surface area contributed by atoms with Crippen LogP contribution in [0.5, 0.6) is 0 Å². The number of aromatic nitrogens is 2. The fourth-order valence-corrected chi connectivity index (χ4v) is 12.4. The Morgan fingerprint density at radius 2 is 1.15 bits per heavy atom. The number of hydrogen-bond acceptors (Lipinski definition) is 5. The molecule has 4 aromatic rings. The van der Waals surface area contributed by atoms with Crippen LogP contribution in [0.2, 0.25) is 5.21 Å². The Labute approximate surface area is 419 Å². The number of halogens is 4. The summed E-state index contributed by atoms with van der Waals surface area (Å²) >= 11 is 1.38. The van der Waals surface area contributed by atoms with E-state index < -0.39 is 43.4 Å². The first-order chi connectivity index (χ1) is 30.4. The third-order valence-corrected chi connectivity index (χ3v) is 19.0. The van der Waals surface area contributed by atoms with Crippen molar-refractivity contribution in [3.8, 4) is 11.1 Å². The lowest BCUT2D eigenvalue weighted by Crippen LogP contribution is -2.76. The van der Waals surface area contributed by atoms with E-state index in [4.69, 9.17) is 4.98 Å². The highest BCUT2D eigenvalue weighted by molar-refractivity contribution is 7.98. The summed E-state index contributed by atoms with van der Waals surface area (Å²) in [6.45, 7) is 6.03. The molecule has 0 atom stereocenters. The molecule has 0 saturated carbocycles. The predicted molar refractivity (Wildman–Crippen MR) is 332 cm³/mol. The average Bonchev–Trinajstić information content (AvgIpc) is 3.32. The monoisotopic (exact) mass is 907 g/mol. The van der Waals surface area contributed by atoms with Crippen molar-refractivity contribution < 1.29 is 22.4 Å². The van der Waals surface area contributed by atoms with Gasteiger partial charge in [0.05, 0.1) is 21.0 Å². The molecule has 5 rings (SSSR count). The van der Waals surface area contributed by atoms with Gasteiger partial charge >= 0.3 is 6.18 Å². The Hall–Kier alpha value is -2.66. The van der Waals surface area contributed by atoms with E-state index >= 15 is 4.79 Å². The molecule has 0 radical (unpaired) electrons. The van der Waals surface area contributed by atoms with E-state index in [9.17, 15) is 22.4 Å². The van der Waals surface area contributed by atoms with Gasteiger partial charge in [0.25, 0.3) is 5.56 Å². The van der Waals surface area contributed by atoms with Gasteiger partial charge in [-0.15, -0.1) is 0 Å². The maximum Gasteiger partial charge on any atom is 0.415 e. The van der Waals surface area contributed by atoms with E-state index in [0.717, 1.165) is 62.9 Å². The molecule has 0 spiro atoms. The molecule has 1 amide bonds. The topological polar surface area (TPSA) is 58.4 Å². The predicted octanol–water partition coefficient (Wildman–Crippen LogP) is -19.3. The zero-order chi connectivity index (χ0) is 51.3. The SMILES string of the molecule is Bc1c(B)c(-c2c(B)c(B)c(C(F)(F)F)c(B)c2B)c(B)c(B)c1CN(C(=O)C(B)(B)n1c(SCc2ccc(F)cc2)nc(=O)c2c1C(B)(B)C(B)(B)C2(B)B)C(B)(B)C(B)(B)N(CC)CC. The van der Waals surface area contributed by atoms with E-state index in [1.54, 1.807) is 43.5 Å². The zero-order valence-electron chi connectivity index (χ0n) is 44.7. The number of thioether (sulfide) groups is 1. The standard InChI is InChI=1S/C36H58B20F4N4O2S/c1-3-62(4-2)35(53,54)36(55,56)63(9-13-18(37)20(39)14(21(40)19(13)38)15-22(41)24(43)16(33(58,59)60)25(44)23(15)42)28(66)32(49,50)64-26-17(30(45,46)34(51,52)31(26,47)48)27(65)61-29(64)67-10-11-5-7-12(57)8-6-11/h5-8H,3-4,9-10,37-56H2,1-2H3. The van der Waals surface area contributed by atoms with Crippen molar-refractivity contribution in [2.24, 2.45) is 0 Å². The second-order valence-electron chi connectivity index (χ2n) is 22.4. The minimum Gasteiger partial charge on any atom is -0.348 e. The van der Waals surface area contributed by atoms with Crippen LogP contribution in [0, 0.1) is 5.82 Å². The van der Waals surface area contributed by atoms with Crippen LogP contribution >= 0.6 is 11.8 Å². The normalized spacial score (nSPS) is 15.6. The molecule has 0 fully saturated rings. The Morgan fingerprint density at radius 3 is 1.58 bits per heavy atom. The fourth-order valence-electron chi connectivity index (χ4n) is 11.3. The fraction of sp³-hybridized carbons (Fsp3) is 0.361. The molecule has 6 nitrogen and oxygen atoms in total. The molecule has 0 unspecified atom stereocenters. The number of rotatable bonds is 13. The van der Waals surface area contributed by atoms with Gasteiger partial charge in [-0.2, -0.15) is 18.2 Å². The minimum atomic E-state index is -4.48. The Balaban J connectivity index is 1.84. The summed E-state index contributed by atoms with van der Waals surface area (Å²) in [6.07, 6.45) is -4.48. The number of hydrogen-bond donors (Lipinski definition) is 0. The Bertz CT molecular complexity index is 2660. The van der Waals surface area contributed by atoms with Crippen LogP contribution in [-0.4, -0.2) is 206 Å². The largest absolute Gasteiger partial charge is 0.415 e. The molecule has 0 bridgehead atoms. The number of benzene rings is 3. The summed E-state index contributed by atoms with van der Waals surface area (Å²) < 4.78 is 59.5. The van der Waals surface area contributed by atoms with Gasteiger partial charge in [0.2, 0.25) is 5.91 Å². The molecule has 31 heteroatoms. The summed E-state index contributed by atoms with van der Waals surface area (Å²) in [4.78, 5) is 40.3. The van der Waals surface area contributed by atoms with Crippen molar-refractivity contribution in [3.05, 3.63) is 68.4 Å². The number of alkyl halides is 3. The van der Waals surface area contributed by atoms with Crippen LogP contribution in [-0.2, 0) is 39.0 Å². The zero-order valence-corrected chi connectivity index (χ0v) is 45.5. The van der Waals surface area contributed by atoms with Crippen LogP contribution in [0.4, 0.5) is 17.6 Å². The van der Waals surface area contributed by atoms with E-state index in [1.807, 2.05) is 20.6 Å². The molecule has 0 saturated heterocycles. The molecule has 1 aliphatic rings. The third-order valence-electron chi connectivity index (χ3n) is 18.0. The van der Waals surface area contributed by atoms with Crippen LogP contribution < -0.4 is 49.3 Å². The number of fused-ring (bicyclic) bond motifs is 1. The lowest BCUT2D eigenvalue weighted by molar-refractivity contribution is -0.138. The molecule has 1 heterocycles. The third kappa shape index (κ3) is 8.72. The first-order valence-corrected chi connectivity index (χ1v) is 24.8. The highest BCUT2D eigenvalue weighted by Gasteiger charge is 2.60. The highest BCUT2D eigenvalue weighted by atomic mass is 32.2. The second kappa shape index (κ2) is 18.5. The summed E-state index contributed by atoms with van der Waals surface area (Å²) in [5.41, 5.74) is 9.68. The van der Waals surface area contributed by atoms with Crippen molar-refractivity contribution in [1.29, 1.82) is 0 Å². The van der Waals surface area contributed by atoms with Gasteiger partial charge in [-0.25, -0.2) is 4.39 Å². The molecular weight excluding hydrogens is 845 g/mol. The molecule has 67 heavy (non-hydrogen) atoms. The van der Waals surface area contributed by atoms with Gasteiger partial charge in [-0.1, -0.05) is 97.1 Å². The van der Waals surface area contributed by atoms with Crippen LogP contribution in [0.1, 0.15) is 41.8 Å². The van der Waals surface area contributed by atoms with E-state index in [1.165, 1.54) is 23.9 Å². The van der Waals surface area contributed by atoms with Crippen molar-refractivity contribution in [1.82, 2.24) is 19.4 Å². The molecule has 3 aromatic carbocycles. The van der Waals surface area contributed by atoms with E-state index in [2.05, 4.69) is 133 Å². The number of carbonyl (C=O) groups excluding carboxylic acids is 1. The first kappa shape index (κ1) is 55.3. The van der Waals surface area contributed by atoms with Gasteiger partial charge in [0, 0.05) is 29.1 Å². The number of amides is 1. The highest BCUT2D eigenvalue weighted by Crippen LogP contribution is 2.57. The molecule has 328 valence electrons. The summed E-state index contributed by atoms with van der Waals surface area (Å²) in [5.74, 6) is -0.0887.